The second-order valence-corrected chi connectivity index (χ2v) is 7.80. The topological polar surface area (TPSA) is 41.6 Å². The van der Waals surface area contributed by atoms with E-state index in [-0.39, 0.29) is 11.9 Å². The molecule has 1 fully saturated rings. The van der Waals surface area contributed by atoms with E-state index in [0.29, 0.717) is 25.3 Å². The summed E-state index contributed by atoms with van der Waals surface area (Å²) in [7, 11) is 0. The number of halogens is 1. The molecular formula is C21H25ClN2O2S. The van der Waals surface area contributed by atoms with Gasteiger partial charge in [-0.3, -0.25) is 9.69 Å². The molecule has 1 amide bonds. The minimum atomic E-state index is -0.0592. The third-order valence-corrected chi connectivity index (χ3v) is 5.70. The van der Waals surface area contributed by atoms with Crippen molar-refractivity contribution in [2.45, 2.75) is 11.8 Å². The van der Waals surface area contributed by atoms with Crippen LogP contribution in [0.5, 0.6) is 0 Å². The summed E-state index contributed by atoms with van der Waals surface area (Å²) in [4.78, 5) is 15.0. The summed E-state index contributed by atoms with van der Waals surface area (Å²) < 4.78 is 5.48. The van der Waals surface area contributed by atoms with Crippen molar-refractivity contribution in [3.8, 4) is 0 Å². The maximum atomic E-state index is 12.6. The molecule has 2 aromatic carbocycles. The molecule has 0 bridgehead atoms. The molecule has 1 aliphatic heterocycles. The van der Waals surface area contributed by atoms with Crippen LogP contribution in [0.4, 0.5) is 0 Å². The first-order valence-corrected chi connectivity index (χ1v) is 10.9. The molecule has 0 aromatic heterocycles. The van der Waals surface area contributed by atoms with Gasteiger partial charge in [-0.1, -0.05) is 41.9 Å². The summed E-state index contributed by atoms with van der Waals surface area (Å²) in [6, 6.07) is 15.7. The number of hydrogen-bond acceptors (Lipinski definition) is 4. The molecule has 4 nitrogen and oxygen atoms in total. The molecule has 1 atom stereocenters. The molecule has 1 aliphatic rings. The monoisotopic (exact) mass is 404 g/mol. The van der Waals surface area contributed by atoms with Gasteiger partial charge in [-0.15, -0.1) is 0 Å². The van der Waals surface area contributed by atoms with Gasteiger partial charge in [0, 0.05) is 36.0 Å². The van der Waals surface area contributed by atoms with Gasteiger partial charge >= 0.3 is 0 Å². The number of morpholine rings is 1. The highest BCUT2D eigenvalue weighted by Crippen LogP contribution is 2.27. The zero-order chi connectivity index (χ0) is 19.1. The van der Waals surface area contributed by atoms with E-state index in [0.717, 1.165) is 29.4 Å². The highest BCUT2D eigenvalue weighted by molar-refractivity contribution is 7.97. The minimum absolute atomic E-state index is 0.0299. The van der Waals surface area contributed by atoms with E-state index in [1.165, 1.54) is 5.56 Å². The number of thioether (sulfide) groups is 1. The lowest BCUT2D eigenvalue weighted by molar-refractivity contribution is 0.0162. The molecule has 0 unspecified atom stereocenters. The van der Waals surface area contributed by atoms with Crippen molar-refractivity contribution in [1.82, 2.24) is 10.2 Å². The van der Waals surface area contributed by atoms with Gasteiger partial charge in [-0.2, -0.15) is 11.8 Å². The van der Waals surface area contributed by atoms with E-state index in [2.05, 4.69) is 16.5 Å². The fourth-order valence-corrected chi connectivity index (χ4v) is 4.07. The van der Waals surface area contributed by atoms with E-state index >= 15 is 0 Å². The highest BCUT2D eigenvalue weighted by Gasteiger charge is 2.25. The zero-order valence-electron chi connectivity index (χ0n) is 15.5. The van der Waals surface area contributed by atoms with Gasteiger partial charge in [0.25, 0.3) is 5.91 Å². The van der Waals surface area contributed by atoms with Crippen LogP contribution in [0.3, 0.4) is 0 Å². The van der Waals surface area contributed by atoms with Gasteiger partial charge in [0.1, 0.15) is 0 Å². The highest BCUT2D eigenvalue weighted by atomic mass is 35.5. The zero-order valence-corrected chi connectivity index (χ0v) is 17.1. The Morgan fingerprint density at radius 1 is 1.19 bits per heavy atom. The van der Waals surface area contributed by atoms with Crippen LogP contribution in [0.25, 0.3) is 0 Å². The van der Waals surface area contributed by atoms with Crippen molar-refractivity contribution in [2.24, 2.45) is 0 Å². The number of nitrogens with one attached hydrogen (secondary N) is 1. The predicted molar refractivity (Wildman–Crippen MR) is 113 cm³/mol. The van der Waals surface area contributed by atoms with E-state index < -0.39 is 0 Å². The predicted octanol–water partition coefficient (Wildman–Crippen LogP) is 4.01. The lowest BCUT2D eigenvalue weighted by Crippen LogP contribution is -2.44. The molecule has 6 heteroatoms. The first-order chi connectivity index (χ1) is 13.2. The van der Waals surface area contributed by atoms with Crippen molar-refractivity contribution >= 4 is 29.3 Å². The molecule has 0 saturated carbocycles. The fourth-order valence-electron chi connectivity index (χ4n) is 3.28. The van der Waals surface area contributed by atoms with Crippen LogP contribution in [0.2, 0.25) is 5.02 Å². The number of carbonyl (C=O) groups is 1. The number of nitrogens with zero attached hydrogens (tertiary/aromatic N) is 1. The maximum Gasteiger partial charge on any atom is 0.251 e. The van der Waals surface area contributed by atoms with Gasteiger partial charge in [-0.05, 0) is 35.6 Å². The molecular weight excluding hydrogens is 380 g/mol. The quantitative estimate of drug-likeness (QED) is 0.757. The van der Waals surface area contributed by atoms with Crippen molar-refractivity contribution in [1.29, 1.82) is 0 Å². The van der Waals surface area contributed by atoms with Gasteiger partial charge < -0.3 is 10.1 Å². The number of carbonyl (C=O) groups excluding carboxylic acids is 1. The van der Waals surface area contributed by atoms with Crippen LogP contribution in [0.1, 0.15) is 27.5 Å². The second-order valence-electron chi connectivity index (χ2n) is 6.53. The Kier molecular flexibility index (Phi) is 7.59. The molecule has 0 radical (unpaired) electrons. The molecule has 0 spiro atoms. The van der Waals surface area contributed by atoms with E-state index in [4.69, 9.17) is 16.3 Å². The summed E-state index contributed by atoms with van der Waals surface area (Å²) in [6.07, 6.45) is 2.07. The van der Waals surface area contributed by atoms with Gasteiger partial charge in [0.15, 0.2) is 0 Å². The Bertz CT molecular complexity index is 748. The van der Waals surface area contributed by atoms with E-state index in [1.807, 2.05) is 48.5 Å². The Balaban J connectivity index is 1.70. The van der Waals surface area contributed by atoms with Crippen LogP contribution < -0.4 is 5.32 Å². The Hall–Kier alpha value is -1.53. The van der Waals surface area contributed by atoms with Crippen LogP contribution in [0.15, 0.2) is 48.5 Å². The van der Waals surface area contributed by atoms with Crippen molar-refractivity contribution < 1.29 is 9.53 Å². The molecule has 3 rings (SSSR count). The molecule has 144 valence electrons. The summed E-state index contributed by atoms with van der Waals surface area (Å²) >= 11 is 8.21. The van der Waals surface area contributed by atoms with E-state index in [9.17, 15) is 4.79 Å². The summed E-state index contributed by atoms with van der Waals surface area (Å²) in [5, 5.41) is 3.81. The van der Waals surface area contributed by atoms with Crippen LogP contribution >= 0.6 is 23.4 Å². The van der Waals surface area contributed by atoms with Crippen molar-refractivity contribution in [3.63, 3.8) is 0 Å². The number of amides is 1. The number of hydrogen-bond donors (Lipinski definition) is 1. The van der Waals surface area contributed by atoms with Crippen LogP contribution in [-0.2, 0) is 10.5 Å². The summed E-state index contributed by atoms with van der Waals surface area (Å²) in [5.74, 6) is 0.893. The standard InChI is InChI=1S/C21H25ClN2O2S/c1-27-15-16-6-8-17(9-7-16)21(25)23-14-20(24-10-12-26-13-11-24)18-4-2-3-5-19(18)22/h2-9,20H,10-15H2,1H3,(H,23,25)/t20-/m0/s1. The molecule has 0 aliphatic carbocycles. The Morgan fingerprint density at radius 3 is 2.56 bits per heavy atom. The normalized spacial score (nSPS) is 16.1. The van der Waals surface area contributed by atoms with Crippen molar-refractivity contribution in [2.75, 3.05) is 39.1 Å². The molecule has 1 heterocycles. The minimum Gasteiger partial charge on any atom is -0.379 e. The lowest BCUT2D eigenvalue weighted by Gasteiger charge is -2.35. The van der Waals surface area contributed by atoms with Crippen LogP contribution in [0, 0.1) is 0 Å². The third kappa shape index (κ3) is 5.48. The molecule has 1 N–H and O–H groups in total. The van der Waals surface area contributed by atoms with Crippen molar-refractivity contribution in [3.05, 3.63) is 70.2 Å². The van der Waals surface area contributed by atoms with Gasteiger partial charge in [0.05, 0.1) is 19.3 Å². The summed E-state index contributed by atoms with van der Waals surface area (Å²) in [5.41, 5.74) is 2.94. The largest absolute Gasteiger partial charge is 0.379 e. The SMILES string of the molecule is CSCc1ccc(C(=O)NC[C@@H](c2ccccc2Cl)N2CCOCC2)cc1. The average Bonchev–Trinajstić information content (AvgIpc) is 2.71. The van der Waals surface area contributed by atoms with Crippen LogP contribution in [-0.4, -0.2) is 49.9 Å². The number of ether oxygens (including phenoxy) is 1. The van der Waals surface area contributed by atoms with Gasteiger partial charge in [-0.25, -0.2) is 0 Å². The Labute approximate surface area is 170 Å². The summed E-state index contributed by atoms with van der Waals surface area (Å²) in [6.45, 7) is 3.57. The number of rotatable bonds is 7. The molecule has 1 saturated heterocycles. The van der Waals surface area contributed by atoms with Gasteiger partial charge in [0.2, 0.25) is 0 Å². The second kappa shape index (κ2) is 10.1. The first kappa shape index (κ1) is 20.2. The first-order valence-electron chi connectivity index (χ1n) is 9.11. The Morgan fingerprint density at radius 2 is 1.89 bits per heavy atom. The molecule has 2 aromatic rings. The maximum absolute atomic E-state index is 12.6. The smallest absolute Gasteiger partial charge is 0.251 e. The molecule has 27 heavy (non-hydrogen) atoms. The third-order valence-electron chi connectivity index (χ3n) is 4.73. The average molecular weight is 405 g/mol. The number of benzene rings is 2. The van der Waals surface area contributed by atoms with E-state index in [1.54, 1.807) is 11.8 Å². The fraction of sp³-hybridized carbons (Fsp3) is 0.381. The lowest BCUT2D eigenvalue weighted by atomic mass is 10.0.